The van der Waals surface area contributed by atoms with Crippen molar-refractivity contribution >= 4 is 33.4 Å². The molecule has 0 aromatic heterocycles. The molecular formula is C17H14BrNO2. The van der Waals surface area contributed by atoms with Crippen LogP contribution in [0, 0.1) is 20.8 Å². The largest absolute Gasteiger partial charge is 0.268 e. The second-order valence-corrected chi connectivity index (χ2v) is 6.24. The van der Waals surface area contributed by atoms with E-state index >= 15 is 0 Å². The van der Waals surface area contributed by atoms with Crippen LogP contribution in [0.15, 0.2) is 34.8 Å². The number of anilines is 1. The number of benzene rings is 2. The molecule has 0 saturated heterocycles. The molecule has 3 nitrogen and oxygen atoms in total. The molecule has 106 valence electrons. The van der Waals surface area contributed by atoms with Gasteiger partial charge in [0.25, 0.3) is 11.8 Å². The van der Waals surface area contributed by atoms with Gasteiger partial charge in [0.05, 0.1) is 16.8 Å². The van der Waals surface area contributed by atoms with Crippen molar-refractivity contribution < 1.29 is 9.59 Å². The van der Waals surface area contributed by atoms with Crippen LogP contribution >= 0.6 is 15.9 Å². The first-order valence-electron chi connectivity index (χ1n) is 6.67. The van der Waals surface area contributed by atoms with Crippen LogP contribution in [0.25, 0.3) is 0 Å². The van der Waals surface area contributed by atoms with Crippen LogP contribution in [0.1, 0.15) is 37.4 Å². The first-order chi connectivity index (χ1) is 9.91. The van der Waals surface area contributed by atoms with Crippen molar-refractivity contribution in [1.82, 2.24) is 0 Å². The summed E-state index contributed by atoms with van der Waals surface area (Å²) in [7, 11) is 0. The molecule has 2 aromatic rings. The van der Waals surface area contributed by atoms with E-state index in [0.29, 0.717) is 16.8 Å². The van der Waals surface area contributed by atoms with Crippen molar-refractivity contribution in [3.63, 3.8) is 0 Å². The molecule has 0 fully saturated rings. The summed E-state index contributed by atoms with van der Waals surface area (Å²) < 4.78 is 0.841. The number of halogens is 1. The molecular weight excluding hydrogens is 330 g/mol. The minimum Gasteiger partial charge on any atom is -0.268 e. The van der Waals surface area contributed by atoms with E-state index in [-0.39, 0.29) is 11.8 Å². The van der Waals surface area contributed by atoms with Crippen molar-refractivity contribution in [2.75, 3.05) is 4.90 Å². The number of carbonyl (C=O) groups excluding carboxylic acids is 2. The number of amides is 2. The maximum atomic E-state index is 12.7. The van der Waals surface area contributed by atoms with E-state index in [0.717, 1.165) is 21.2 Å². The standard InChI is InChI=1S/C17H14BrNO2/c1-9-6-7-12(18)8-13(9)19-16(20)14-10(2)4-5-11(3)15(14)17(19)21/h4-8H,1-3H3. The van der Waals surface area contributed by atoms with Gasteiger partial charge in [-0.3, -0.25) is 9.59 Å². The smallest absolute Gasteiger partial charge is 0.266 e. The van der Waals surface area contributed by atoms with Gasteiger partial charge < -0.3 is 0 Å². The normalized spacial score (nSPS) is 13.8. The highest BCUT2D eigenvalue weighted by atomic mass is 79.9. The maximum absolute atomic E-state index is 12.7. The van der Waals surface area contributed by atoms with Gasteiger partial charge in [-0.1, -0.05) is 34.1 Å². The third kappa shape index (κ3) is 2.02. The minimum atomic E-state index is -0.239. The van der Waals surface area contributed by atoms with Gasteiger partial charge >= 0.3 is 0 Å². The summed E-state index contributed by atoms with van der Waals surface area (Å²) in [6.07, 6.45) is 0. The molecule has 0 aliphatic carbocycles. The van der Waals surface area contributed by atoms with E-state index in [2.05, 4.69) is 15.9 Å². The molecule has 2 amide bonds. The molecule has 0 atom stereocenters. The molecule has 1 aliphatic rings. The Bertz CT molecular complexity index is 755. The average molecular weight is 344 g/mol. The fraction of sp³-hybridized carbons (Fsp3) is 0.176. The summed E-state index contributed by atoms with van der Waals surface area (Å²) in [6, 6.07) is 9.37. The average Bonchev–Trinajstić information content (AvgIpc) is 2.70. The Labute approximate surface area is 131 Å². The van der Waals surface area contributed by atoms with Gasteiger partial charge in [0.1, 0.15) is 0 Å². The summed E-state index contributed by atoms with van der Waals surface area (Å²) in [6.45, 7) is 5.62. The van der Waals surface area contributed by atoms with Crippen LogP contribution in [-0.4, -0.2) is 11.8 Å². The zero-order valence-corrected chi connectivity index (χ0v) is 13.6. The van der Waals surface area contributed by atoms with Gasteiger partial charge in [-0.05, 0) is 49.6 Å². The number of rotatable bonds is 1. The molecule has 1 aliphatic heterocycles. The highest BCUT2D eigenvalue weighted by Crippen LogP contribution is 2.34. The Morgan fingerprint density at radius 2 is 1.29 bits per heavy atom. The quantitative estimate of drug-likeness (QED) is 0.728. The van der Waals surface area contributed by atoms with E-state index in [1.807, 2.05) is 51.1 Å². The molecule has 21 heavy (non-hydrogen) atoms. The van der Waals surface area contributed by atoms with Gasteiger partial charge in [0, 0.05) is 4.47 Å². The summed E-state index contributed by atoms with van der Waals surface area (Å²) >= 11 is 3.40. The van der Waals surface area contributed by atoms with Crippen molar-refractivity contribution in [3.05, 3.63) is 62.6 Å². The predicted octanol–water partition coefficient (Wildman–Crippen LogP) is 4.17. The lowest BCUT2D eigenvalue weighted by Gasteiger charge is -2.17. The SMILES string of the molecule is Cc1ccc(Br)cc1N1C(=O)c2c(C)ccc(C)c2C1=O. The van der Waals surface area contributed by atoms with Gasteiger partial charge in [0.2, 0.25) is 0 Å². The molecule has 0 saturated carbocycles. The number of fused-ring (bicyclic) bond motifs is 1. The molecule has 1 heterocycles. The highest BCUT2D eigenvalue weighted by molar-refractivity contribution is 9.10. The lowest BCUT2D eigenvalue weighted by molar-refractivity contribution is 0.0925. The van der Waals surface area contributed by atoms with Crippen molar-refractivity contribution in [2.24, 2.45) is 0 Å². The van der Waals surface area contributed by atoms with Crippen molar-refractivity contribution in [2.45, 2.75) is 20.8 Å². The monoisotopic (exact) mass is 343 g/mol. The van der Waals surface area contributed by atoms with Crippen LogP contribution in [0.2, 0.25) is 0 Å². The molecule has 3 rings (SSSR count). The van der Waals surface area contributed by atoms with E-state index in [4.69, 9.17) is 0 Å². The first-order valence-corrected chi connectivity index (χ1v) is 7.46. The van der Waals surface area contributed by atoms with Crippen LogP contribution in [-0.2, 0) is 0 Å². The third-order valence-corrected chi connectivity index (χ3v) is 4.36. The molecule has 4 heteroatoms. The summed E-state index contributed by atoms with van der Waals surface area (Å²) in [5.74, 6) is -0.477. The van der Waals surface area contributed by atoms with Crippen LogP contribution in [0.4, 0.5) is 5.69 Å². The van der Waals surface area contributed by atoms with Crippen molar-refractivity contribution in [3.8, 4) is 0 Å². The molecule has 0 N–H and O–H groups in total. The zero-order chi connectivity index (χ0) is 15.3. The van der Waals surface area contributed by atoms with Crippen LogP contribution in [0.5, 0.6) is 0 Å². The molecule has 0 radical (unpaired) electrons. The Morgan fingerprint density at radius 3 is 1.81 bits per heavy atom. The first kappa shape index (κ1) is 14.0. The number of hydrogen-bond donors (Lipinski definition) is 0. The second-order valence-electron chi connectivity index (χ2n) is 5.33. The van der Waals surface area contributed by atoms with Gasteiger partial charge in [0.15, 0.2) is 0 Å². The Kier molecular flexibility index (Phi) is 3.21. The summed E-state index contributed by atoms with van der Waals surface area (Å²) in [4.78, 5) is 26.8. The second kappa shape index (κ2) is 4.81. The highest BCUT2D eigenvalue weighted by Gasteiger charge is 2.39. The topological polar surface area (TPSA) is 37.4 Å². The van der Waals surface area contributed by atoms with Crippen LogP contribution in [0.3, 0.4) is 0 Å². The minimum absolute atomic E-state index is 0.239. The van der Waals surface area contributed by atoms with E-state index in [9.17, 15) is 9.59 Å². The molecule has 0 spiro atoms. The van der Waals surface area contributed by atoms with Crippen molar-refractivity contribution in [1.29, 1.82) is 0 Å². The number of nitrogens with zero attached hydrogens (tertiary/aromatic N) is 1. The fourth-order valence-corrected chi connectivity index (χ4v) is 3.07. The maximum Gasteiger partial charge on any atom is 0.266 e. The van der Waals surface area contributed by atoms with Gasteiger partial charge in [-0.25, -0.2) is 4.90 Å². The van der Waals surface area contributed by atoms with Crippen LogP contribution < -0.4 is 4.90 Å². The zero-order valence-electron chi connectivity index (χ0n) is 12.0. The van der Waals surface area contributed by atoms with E-state index in [1.165, 1.54) is 4.90 Å². The predicted molar refractivity (Wildman–Crippen MR) is 85.9 cm³/mol. The number of carbonyl (C=O) groups is 2. The molecule has 0 unspecified atom stereocenters. The molecule has 0 bridgehead atoms. The number of aryl methyl sites for hydroxylation is 3. The number of hydrogen-bond acceptors (Lipinski definition) is 2. The van der Waals surface area contributed by atoms with Gasteiger partial charge in [-0.15, -0.1) is 0 Å². The summed E-state index contributed by atoms with van der Waals surface area (Å²) in [5.41, 5.74) is 4.25. The Balaban J connectivity index is 2.23. The fourth-order valence-electron chi connectivity index (χ4n) is 2.72. The lowest BCUT2D eigenvalue weighted by Crippen LogP contribution is -2.30. The van der Waals surface area contributed by atoms with E-state index < -0.39 is 0 Å². The Hall–Kier alpha value is -1.94. The Morgan fingerprint density at radius 1 is 0.810 bits per heavy atom. The van der Waals surface area contributed by atoms with E-state index in [1.54, 1.807) is 0 Å². The van der Waals surface area contributed by atoms with Gasteiger partial charge in [-0.2, -0.15) is 0 Å². The number of imide groups is 1. The summed E-state index contributed by atoms with van der Waals surface area (Å²) in [5, 5.41) is 0. The lowest BCUT2D eigenvalue weighted by atomic mass is 9.99. The molecule has 2 aromatic carbocycles. The third-order valence-electron chi connectivity index (χ3n) is 3.87.